The number of carbonyl (C=O) groups is 2. The molecule has 4 nitrogen and oxygen atoms in total. The Morgan fingerprint density at radius 3 is 2.50 bits per heavy atom. The number of carbonyl (C=O) groups excluding carboxylic acids is 2. The van der Waals surface area contributed by atoms with Gasteiger partial charge in [-0.3, -0.25) is 4.79 Å². The molecular weight excluding hydrogens is 370 g/mol. The van der Waals surface area contributed by atoms with Crippen LogP contribution < -0.4 is 5.32 Å². The first-order valence-corrected chi connectivity index (χ1v) is 10.2. The topological polar surface area (TPSA) is 55.4 Å². The molecule has 0 saturated carbocycles. The van der Waals surface area contributed by atoms with E-state index in [4.69, 9.17) is 4.74 Å². The van der Waals surface area contributed by atoms with Gasteiger partial charge in [-0.1, -0.05) is 60.7 Å². The lowest BCUT2D eigenvalue weighted by molar-refractivity contribution is -0.147. The van der Waals surface area contributed by atoms with Crippen LogP contribution in [0.5, 0.6) is 0 Å². The second-order valence-electron chi connectivity index (χ2n) is 6.96. The van der Waals surface area contributed by atoms with Gasteiger partial charge in [0.25, 0.3) is 0 Å². The van der Waals surface area contributed by atoms with Crippen LogP contribution in [0.4, 0.5) is 0 Å². The van der Waals surface area contributed by atoms with Crippen LogP contribution in [-0.2, 0) is 27.4 Å². The number of rotatable bonds is 6. The highest BCUT2D eigenvalue weighted by atomic mass is 32.1. The summed E-state index contributed by atoms with van der Waals surface area (Å²) in [6.07, 6.45) is 1.12. The Kier molecular flexibility index (Phi) is 5.53. The summed E-state index contributed by atoms with van der Waals surface area (Å²) in [5.41, 5.74) is 3.27. The fourth-order valence-corrected chi connectivity index (χ4v) is 4.39. The number of benzene rings is 2. The molecular formula is C23H21NO3S. The molecule has 0 bridgehead atoms. The zero-order chi connectivity index (χ0) is 19.3. The van der Waals surface area contributed by atoms with Crippen LogP contribution in [0.3, 0.4) is 0 Å². The van der Waals surface area contributed by atoms with Gasteiger partial charge in [0.15, 0.2) is 0 Å². The van der Waals surface area contributed by atoms with E-state index in [0.717, 1.165) is 16.0 Å². The Labute approximate surface area is 168 Å². The standard InChI is InChI=1S/C23H21NO3S/c25-22-18(11-20-12-19(15-28-20)17-9-5-2-6-10-17)13-21(24-22)23(26)27-14-16-7-3-1-4-8-16/h1-10,12,15,18,21H,11,13-14H2,(H,24,25)/t18-,21+/m0/s1. The molecule has 1 saturated heterocycles. The molecule has 3 aromatic rings. The lowest BCUT2D eigenvalue weighted by atomic mass is 9.99. The van der Waals surface area contributed by atoms with Crippen LogP contribution in [0.25, 0.3) is 11.1 Å². The fraction of sp³-hybridized carbons (Fsp3) is 0.217. The van der Waals surface area contributed by atoms with Gasteiger partial charge >= 0.3 is 5.97 Å². The highest BCUT2D eigenvalue weighted by molar-refractivity contribution is 7.10. The first-order chi connectivity index (χ1) is 13.7. The molecule has 28 heavy (non-hydrogen) atoms. The van der Waals surface area contributed by atoms with E-state index in [1.165, 1.54) is 5.56 Å². The molecule has 4 rings (SSSR count). The summed E-state index contributed by atoms with van der Waals surface area (Å²) in [5, 5.41) is 4.90. The molecule has 2 aromatic carbocycles. The van der Waals surface area contributed by atoms with Crippen molar-refractivity contribution in [3.63, 3.8) is 0 Å². The molecule has 0 spiro atoms. The molecule has 1 aliphatic heterocycles. The predicted octanol–water partition coefficient (Wildman–Crippen LogP) is 4.21. The molecule has 1 fully saturated rings. The van der Waals surface area contributed by atoms with Crippen molar-refractivity contribution >= 4 is 23.2 Å². The number of amides is 1. The Morgan fingerprint density at radius 2 is 1.75 bits per heavy atom. The number of ether oxygens (including phenoxy) is 1. The van der Waals surface area contributed by atoms with Crippen LogP contribution >= 0.6 is 11.3 Å². The minimum atomic E-state index is -0.560. The number of hydrogen-bond acceptors (Lipinski definition) is 4. The highest BCUT2D eigenvalue weighted by Gasteiger charge is 2.37. The number of esters is 1. The van der Waals surface area contributed by atoms with Crippen LogP contribution in [0.1, 0.15) is 16.9 Å². The van der Waals surface area contributed by atoms with Crippen molar-refractivity contribution in [3.8, 4) is 11.1 Å². The van der Waals surface area contributed by atoms with Gasteiger partial charge < -0.3 is 10.1 Å². The van der Waals surface area contributed by atoms with Gasteiger partial charge in [-0.05, 0) is 41.0 Å². The Morgan fingerprint density at radius 1 is 1.04 bits per heavy atom. The molecule has 1 amide bonds. The third-order valence-electron chi connectivity index (χ3n) is 4.92. The van der Waals surface area contributed by atoms with Crippen molar-refractivity contribution < 1.29 is 14.3 Å². The van der Waals surface area contributed by atoms with E-state index >= 15 is 0 Å². The zero-order valence-electron chi connectivity index (χ0n) is 15.3. The van der Waals surface area contributed by atoms with Crippen molar-refractivity contribution in [2.45, 2.75) is 25.5 Å². The monoisotopic (exact) mass is 391 g/mol. The smallest absolute Gasteiger partial charge is 0.328 e. The van der Waals surface area contributed by atoms with Crippen molar-refractivity contribution in [1.82, 2.24) is 5.32 Å². The maximum absolute atomic E-state index is 12.3. The van der Waals surface area contributed by atoms with Crippen LogP contribution in [-0.4, -0.2) is 17.9 Å². The average molecular weight is 391 g/mol. The van der Waals surface area contributed by atoms with Crippen LogP contribution in [0.15, 0.2) is 72.1 Å². The van der Waals surface area contributed by atoms with Crippen molar-refractivity contribution in [2.75, 3.05) is 0 Å². The molecule has 0 radical (unpaired) electrons. The maximum atomic E-state index is 12.3. The Hall–Kier alpha value is -2.92. The predicted molar refractivity (Wildman–Crippen MR) is 110 cm³/mol. The third-order valence-corrected chi connectivity index (χ3v) is 5.88. The zero-order valence-corrected chi connectivity index (χ0v) is 16.2. The summed E-state index contributed by atoms with van der Waals surface area (Å²) in [6, 6.07) is 21.3. The van der Waals surface area contributed by atoms with Crippen molar-refractivity contribution in [1.29, 1.82) is 0 Å². The van der Waals surface area contributed by atoms with Gasteiger partial charge in [-0.15, -0.1) is 11.3 Å². The molecule has 142 valence electrons. The van der Waals surface area contributed by atoms with Gasteiger partial charge in [-0.2, -0.15) is 0 Å². The largest absolute Gasteiger partial charge is 0.459 e. The lowest BCUT2D eigenvalue weighted by Crippen LogP contribution is -2.34. The maximum Gasteiger partial charge on any atom is 0.328 e. The van der Waals surface area contributed by atoms with E-state index in [0.29, 0.717) is 12.8 Å². The average Bonchev–Trinajstić information content (AvgIpc) is 3.35. The molecule has 0 unspecified atom stereocenters. The van der Waals surface area contributed by atoms with E-state index < -0.39 is 6.04 Å². The summed E-state index contributed by atoms with van der Waals surface area (Å²) >= 11 is 1.65. The Balaban J connectivity index is 1.33. The van der Waals surface area contributed by atoms with Crippen molar-refractivity contribution in [3.05, 3.63) is 82.6 Å². The summed E-state index contributed by atoms with van der Waals surface area (Å²) in [4.78, 5) is 25.8. The Bertz CT molecular complexity index is 952. The summed E-state index contributed by atoms with van der Waals surface area (Å²) < 4.78 is 5.37. The minimum absolute atomic E-state index is 0.0728. The second-order valence-corrected chi connectivity index (χ2v) is 7.95. The highest BCUT2D eigenvalue weighted by Crippen LogP contribution is 2.29. The number of hydrogen-bond donors (Lipinski definition) is 1. The van der Waals surface area contributed by atoms with E-state index in [1.54, 1.807) is 11.3 Å². The molecule has 2 heterocycles. The lowest BCUT2D eigenvalue weighted by Gasteiger charge is -2.10. The third kappa shape index (κ3) is 4.31. The van der Waals surface area contributed by atoms with Crippen LogP contribution in [0.2, 0.25) is 0 Å². The number of thiophene rings is 1. The fourth-order valence-electron chi connectivity index (χ4n) is 3.41. The van der Waals surface area contributed by atoms with Crippen molar-refractivity contribution in [2.24, 2.45) is 5.92 Å². The normalized spacial score (nSPS) is 18.6. The van der Waals surface area contributed by atoms with Gasteiger partial charge in [-0.25, -0.2) is 4.79 Å². The second kappa shape index (κ2) is 8.40. The molecule has 1 N–H and O–H groups in total. The van der Waals surface area contributed by atoms with Crippen LogP contribution in [0, 0.1) is 5.92 Å². The molecule has 1 aliphatic rings. The van der Waals surface area contributed by atoms with Gasteiger partial charge in [0, 0.05) is 10.8 Å². The first kappa shape index (κ1) is 18.4. The summed E-state index contributed by atoms with van der Waals surface area (Å²) in [7, 11) is 0. The number of nitrogens with one attached hydrogen (secondary N) is 1. The summed E-state index contributed by atoms with van der Waals surface area (Å²) in [6.45, 7) is 0.224. The quantitative estimate of drug-likeness (QED) is 0.641. The molecule has 1 aromatic heterocycles. The first-order valence-electron chi connectivity index (χ1n) is 9.33. The molecule has 2 atom stereocenters. The van der Waals surface area contributed by atoms with E-state index in [-0.39, 0.29) is 24.4 Å². The van der Waals surface area contributed by atoms with Gasteiger partial charge in [0.1, 0.15) is 12.6 Å². The van der Waals surface area contributed by atoms with Gasteiger partial charge in [0.05, 0.1) is 0 Å². The van der Waals surface area contributed by atoms with Gasteiger partial charge in [0.2, 0.25) is 5.91 Å². The van der Waals surface area contributed by atoms with E-state index in [9.17, 15) is 9.59 Å². The van der Waals surface area contributed by atoms with E-state index in [1.807, 2.05) is 48.5 Å². The molecule has 5 heteroatoms. The SMILES string of the molecule is O=C1N[C@@H](C(=O)OCc2ccccc2)C[C@@H]1Cc1cc(-c2ccccc2)cs1. The van der Waals surface area contributed by atoms with E-state index in [2.05, 4.69) is 28.9 Å². The minimum Gasteiger partial charge on any atom is -0.459 e. The summed E-state index contributed by atoms with van der Waals surface area (Å²) in [5.74, 6) is -0.635. The molecule has 0 aliphatic carbocycles.